The Morgan fingerprint density at radius 3 is 2.50 bits per heavy atom. The molecule has 1 amide bonds. The molecule has 0 N–H and O–H groups in total. The highest BCUT2D eigenvalue weighted by atomic mass is 32.2. The van der Waals surface area contributed by atoms with Crippen molar-refractivity contribution in [1.29, 1.82) is 0 Å². The first-order chi connectivity index (χ1) is 13.4. The predicted octanol–water partition coefficient (Wildman–Crippen LogP) is 4.27. The number of hydrogen-bond acceptors (Lipinski definition) is 5. The molecule has 2 aromatic rings. The third kappa shape index (κ3) is 4.35. The van der Waals surface area contributed by atoms with E-state index in [1.807, 2.05) is 31.2 Å². The topological polar surface area (TPSA) is 60.3 Å². The number of carbonyl (C=O) groups excluding carboxylic acids is 1. The summed E-state index contributed by atoms with van der Waals surface area (Å²) < 4.78 is 7.56. The fraction of sp³-hybridized carbons (Fsp3) is 0.571. The summed E-state index contributed by atoms with van der Waals surface area (Å²) in [5.41, 5.74) is 1.02. The van der Waals surface area contributed by atoms with Crippen LogP contribution in [0.25, 0.3) is 11.4 Å². The average molecular weight is 403 g/mol. The van der Waals surface area contributed by atoms with E-state index in [4.69, 9.17) is 4.74 Å². The summed E-state index contributed by atoms with van der Waals surface area (Å²) >= 11 is 1.50. The molecule has 152 valence electrons. The fourth-order valence-corrected chi connectivity index (χ4v) is 4.90. The average Bonchev–Trinajstić information content (AvgIpc) is 3.10. The van der Waals surface area contributed by atoms with Gasteiger partial charge in [0.1, 0.15) is 5.75 Å². The largest absolute Gasteiger partial charge is 0.497 e. The maximum absolute atomic E-state index is 12.4. The molecule has 3 rings (SSSR count). The van der Waals surface area contributed by atoms with E-state index in [1.54, 1.807) is 26.1 Å². The summed E-state index contributed by atoms with van der Waals surface area (Å²) in [5.74, 6) is 2.33. The van der Waals surface area contributed by atoms with Gasteiger partial charge in [-0.3, -0.25) is 9.36 Å². The summed E-state index contributed by atoms with van der Waals surface area (Å²) in [6, 6.07) is 8.30. The molecule has 0 saturated heterocycles. The van der Waals surface area contributed by atoms with E-state index < -0.39 is 0 Å². The Labute approximate surface area is 171 Å². The number of ether oxygens (including phenoxy) is 1. The van der Waals surface area contributed by atoms with Gasteiger partial charge >= 0.3 is 0 Å². The fourth-order valence-electron chi connectivity index (χ4n) is 3.85. The van der Waals surface area contributed by atoms with Gasteiger partial charge in [0.2, 0.25) is 5.91 Å². The molecule has 1 saturated carbocycles. The Morgan fingerprint density at radius 2 is 1.89 bits per heavy atom. The third-order valence-electron chi connectivity index (χ3n) is 5.48. The van der Waals surface area contributed by atoms with Crippen LogP contribution in [0.3, 0.4) is 0 Å². The molecule has 0 aliphatic heterocycles. The molecule has 1 aliphatic rings. The van der Waals surface area contributed by atoms with Crippen LogP contribution in [-0.4, -0.2) is 52.0 Å². The second-order valence-corrected chi connectivity index (χ2v) is 9.03. The standard InChI is InChI=1S/C21H30N4O2S/c1-14-8-6-7-9-18(14)25-19(16-10-12-17(27-5)13-11-16)22-23-21(25)28-15(2)20(26)24(3)4/h10-15,18H,6-9H2,1-5H3/t14-,15+,18+/m1/s1. The van der Waals surface area contributed by atoms with Gasteiger partial charge in [-0.1, -0.05) is 31.5 Å². The summed E-state index contributed by atoms with van der Waals surface area (Å²) in [6.07, 6.45) is 4.81. The van der Waals surface area contributed by atoms with Crippen molar-refractivity contribution in [3.63, 3.8) is 0 Å². The van der Waals surface area contributed by atoms with E-state index in [-0.39, 0.29) is 11.2 Å². The van der Waals surface area contributed by atoms with Gasteiger partial charge in [-0.2, -0.15) is 0 Å². The number of methoxy groups -OCH3 is 1. The Hall–Kier alpha value is -2.02. The molecule has 1 fully saturated rings. The normalized spacial score (nSPS) is 20.6. The molecule has 1 aromatic carbocycles. The molecule has 1 aromatic heterocycles. The van der Waals surface area contributed by atoms with Crippen molar-refractivity contribution >= 4 is 17.7 Å². The van der Waals surface area contributed by atoms with Gasteiger partial charge in [0.15, 0.2) is 11.0 Å². The van der Waals surface area contributed by atoms with Gasteiger partial charge in [0, 0.05) is 25.7 Å². The zero-order valence-corrected chi connectivity index (χ0v) is 18.2. The number of carbonyl (C=O) groups is 1. The molecule has 28 heavy (non-hydrogen) atoms. The van der Waals surface area contributed by atoms with E-state index in [1.165, 1.54) is 31.0 Å². The molecule has 3 atom stereocenters. The van der Waals surface area contributed by atoms with Crippen molar-refractivity contribution in [2.24, 2.45) is 5.92 Å². The smallest absolute Gasteiger partial charge is 0.235 e. The number of benzene rings is 1. The van der Waals surface area contributed by atoms with Crippen LogP contribution in [0.2, 0.25) is 0 Å². The van der Waals surface area contributed by atoms with Crippen LogP contribution in [0, 0.1) is 5.92 Å². The summed E-state index contributed by atoms with van der Waals surface area (Å²) in [6.45, 7) is 4.24. The lowest BCUT2D eigenvalue weighted by atomic mass is 9.85. The van der Waals surface area contributed by atoms with Crippen LogP contribution in [0.1, 0.15) is 45.6 Å². The molecular formula is C21H30N4O2S. The van der Waals surface area contributed by atoms with Crippen molar-refractivity contribution in [2.75, 3.05) is 21.2 Å². The minimum absolute atomic E-state index is 0.0854. The SMILES string of the molecule is COc1ccc(-c2nnc(S[C@@H](C)C(=O)N(C)C)n2[C@H]2CCCC[C@H]2C)cc1. The second kappa shape index (κ2) is 8.99. The maximum atomic E-state index is 12.4. The lowest BCUT2D eigenvalue weighted by molar-refractivity contribution is -0.127. The highest BCUT2D eigenvalue weighted by Gasteiger charge is 2.30. The molecule has 0 radical (unpaired) electrons. The van der Waals surface area contributed by atoms with Crippen LogP contribution < -0.4 is 4.74 Å². The zero-order valence-electron chi connectivity index (χ0n) is 17.4. The van der Waals surface area contributed by atoms with E-state index in [0.29, 0.717) is 12.0 Å². The molecule has 0 spiro atoms. The molecule has 1 aliphatic carbocycles. The van der Waals surface area contributed by atoms with Gasteiger partial charge in [-0.25, -0.2) is 0 Å². The number of amides is 1. The first-order valence-electron chi connectivity index (χ1n) is 9.89. The monoisotopic (exact) mass is 402 g/mol. The minimum Gasteiger partial charge on any atom is -0.497 e. The lowest BCUT2D eigenvalue weighted by Crippen LogP contribution is -2.30. The highest BCUT2D eigenvalue weighted by Crippen LogP contribution is 2.40. The van der Waals surface area contributed by atoms with Gasteiger partial charge in [-0.15, -0.1) is 10.2 Å². The van der Waals surface area contributed by atoms with Crippen LogP contribution in [0.4, 0.5) is 0 Å². The van der Waals surface area contributed by atoms with E-state index in [2.05, 4.69) is 21.7 Å². The maximum Gasteiger partial charge on any atom is 0.235 e. The third-order valence-corrected chi connectivity index (χ3v) is 6.53. The van der Waals surface area contributed by atoms with Crippen LogP contribution >= 0.6 is 11.8 Å². The Kier molecular flexibility index (Phi) is 6.65. The van der Waals surface area contributed by atoms with E-state index in [0.717, 1.165) is 28.7 Å². The number of thioether (sulfide) groups is 1. The number of rotatable bonds is 6. The molecule has 6 nitrogen and oxygen atoms in total. The van der Waals surface area contributed by atoms with Gasteiger partial charge in [0.05, 0.1) is 12.4 Å². The zero-order chi connectivity index (χ0) is 20.3. The Bertz CT molecular complexity index is 803. The number of nitrogens with zero attached hydrogens (tertiary/aromatic N) is 4. The number of hydrogen-bond donors (Lipinski definition) is 0. The van der Waals surface area contributed by atoms with Gasteiger partial charge in [0.25, 0.3) is 0 Å². The van der Waals surface area contributed by atoms with Crippen molar-refractivity contribution in [1.82, 2.24) is 19.7 Å². The van der Waals surface area contributed by atoms with E-state index >= 15 is 0 Å². The lowest BCUT2D eigenvalue weighted by Gasteiger charge is -2.32. The quantitative estimate of drug-likeness (QED) is 0.675. The number of aromatic nitrogens is 3. The minimum atomic E-state index is -0.208. The molecule has 0 unspecified atom stereocenters. The van der Waals surface area contributed by atoms with E-state index in [9.17, 15) is 4.79 Å². The molecule has 7 heteroatoms. The van der Waals surface area contributed by atoms with Crippen LogP contribution in [-0.2, 0) is 4.79 Å². The van der Waals surface area contributed by atoms with Crippen molar-refractivity contribution in [3.05, 3.63) is 24.3 Å². The summed E-state index contributed by atoms with van der Waals surface area (Å²) in [5, 5.41) is 9.65. The molecule has 0 bridgehead atoms. The summed E-state index contributed by atoms with van der Waals surface area (Å²) in [4.78, 5) is 14.0. The summed E-state index contributed by atoms with van der Waals surface area (Å²) in [7, 11) is 5.24. The second-order valence-electron chi connectivity index (χ2n) is 7.73. The van der Waals surface area contributed by atoms with Gasteiger partial charge < -0.3 is 9.64 Å². The van der Waals surface area contributed by atoms with Crippen LogP contribution in [0.15, 0.2) is 29.4 Å². The van der Waals surface area contributed by atoms with Crippen molar-refractivity contribution < 1.29 is 9.53 Å². The molecular weight excluding hydrogens is 372 g/mol. The van der Waals surface area contributed by atoms with Gasteiger partial charge in [-0.05, 0) is 49.9 Å². The first-order valence-corrected chi connectivity index (χ1v) is 10.8. The first kappa shape index (κ1) is 20.7. The van der Waals surface area contributed by atoms with Crippen molar-refractivity contribution in [3.8, 4) is 17.1 Å². The predicted molar refractivity (Wildman–Crippen MR) is 113 cm³/mol. The Balaban J connectivity index is 1.99. The van der Waals surface area contributed by atoms with Crippen LogP contribution in [0.5, 0.6) is 5.75 Å². The van der Waals surface area contributed by atoms with Crippen molar-refractivity contribution in [2.45, 2.75) is 56.0 Å². The Morgan fingerprint density at radius 1 is 1.21 bits per heavy atom. The molecule has 1 heterocycles. The highest BCUT2D eigenvalue weighted by molar-refractivity contribution is 8.00.